The van der Waals surface area contributed by atoms with Gasteiger partial charge in [-0.15, -0.1) is 12.4 Å². The first-order chi connectivity index (χ1) is 11.7. The van der Waals surface area contributed by atoms with Crippen molar-refractivity contribution in [2.45, 2.75) is 20.4 Å². The molecule has 0 aliphatic rings. The van der Waals surface area contributed by atoms with E-state index in [1.165, 1.54) is 5.69 Å². The molecule has 2 aromatic carbocycles. The van der Waals surface area contributed by atoms with Crippen LogP contribution in [0.15, 0.2) is 54.6 Å². The number of nitrogens with zero attached hydrogens (tertiary/aromatic N) is 1. The summed E-state index contributed by atoms with van der Waals surface area (Å²) in [5.41, 5.74) is 3.44. The van der Waals surface area contributed by atoms with E-state index in [9.17, 15) is 4.79 Å². The highest BCUT2D eigenvalue weighted by molar-refractivity contribution is 5.85. The van der Waals surface area contributed by atoms with Gasteiger partial charge in [-0.25, -0.2) is 0 Å². The number of hydrogen-bond acceptors (Lipinski definition) is 3. The topological polar surface area (TPSA) is 44.4 Å². The van der Waals surface area contributed by atoms with Gasteiger partial charge in [0, 0.05) is 36.9 Å². The molecule has 25 heavy (non-hydrogen) atoms. The van der Waals surface area contributed by atoms with E-state index >= 15 is 0 Å². The van der Waals surface area contributed by atoms with Crippen LogP contribution in [0, 0.1) is 5.92 Å². The minimum atomic E-state index is -0.0251. The molecule has 0 aromatic heterocycles. The fourth-order valence-corrected chi connectivity index (χ4v) is 2.68. The average molecular weight is 362 g/mol. The minimum absolute atomic E-state index is 0. The molecule has 2 rings (SSSR count). The lowest BCUT2D eigenvalue weighted by Crippen LogP contribution is -2.33. The molecule has 0 heterocycles. The Morgan fingerprint density at radius 1 is 1.04 bits per heavy atom. The van der Waals surface area contributed by atoms with Crippen LogP contribution in [0.3, 0.4) is 0 Å². The first-order valence-corrected chi connectivity index (χ1v) is 8.49. The van der Waals surface area contributed by atoms with Crippen molar-refractivity contribution in [1.82, 2.24) is 10.6 Å². The molecule has 4 nitrogen and oxygen atoms in total. The van der Waals surface area contributed by atoms with E-state index in [1.807, 2.05) is 32.2 Å². The molecule has 2 N–H and O–H groups in total. The lowest BCUT2D eigenvalue weighted by Gasteiger charge is -2.23. The fraction of sp³-hybridized carbons (Fsp3) is 0.350. The van der Waals surface area contributed by atoms with Crippen molar-refractivity contribution in [2.24, 2.45) is 5.92 Å². The number of carbonyl (C=O) groups is 1. The third kappa shape index (κ3) is 6.07. The number of hydrogen-bond donors (Lipinski definition) is 2. The molecule has 0 aliphatic carbocycles. The maximum atomic E-state index is 12.0. The predicted octanol–water partition coefficient (Wildman–Crippen LogP) is 3.74. The van der Waals surface area contributed by atoms with Crippen LogP contribution in [0.5, 0.6) is 0 Å². The molecule has 0 bridgehead atoms. The van der Waals surface area contributed by atoms with Gasteiger partial charge in [0.1, 0.15) is 0 Å². The van der Waals surface area contributed by atoms with Gasteiger partial charge in [-0.3, -0.25) is 4.79 Å². The summed E-state index contributed by atoms with van der Waals surface area (Å²) in [5.74, 6) is 0.0517. The lowest BCUT2D eigenvalue weighted by atomic mass is 10.1. The van der Waals surface area contributed by atoms with Crippen molar-refractivity contribution >= 4 is 29.7 Å². The Balaban J connectivity index is 0.00000312. The van der Waals surface area contributed by atoms with E-state index in [0.717, 1.165) is 17.8 Å². The van der Waals surface area contributed by atoms with Crippen LogP contribution in [-0.2, 0) is 11.3 Å². The number of para-hydroxylation sites is 1. The van der Waals surface area contributed by atoms with Gasteiger partial charge in [0.05, 0.1) is 0 Å². The molecule has 1 unspecified atom stereocenters. The van der Waals surface area contributed by atoms with Crippen molar-refractivity contribution in [2.75, 3.05) is 25.0 Å². The van der Waals surface area contributed by atoms with Crippen LogP contribution in [-0.4, -0.2) is 26.0 Å². The SMILES string of the molecule is CCN(c1ccccc1)c1ccc(CNC(=O)C(C)CNC)cc1.Cl. The molecule has 0 radical (unpaired) electrons. The summed E-state index contributed by atoms with van der Waals surface area (Å²) in [6.07, 6.45) is 0. The molecule has 5 heteroatoms. The van der Waals surface area contributed by atoms with Crippen LogP contribution in [0.2, 0.25) is 0 Å². The van der Waals surface area contributed by atoms with Gasteiger partial charge in [0.2, 0.25) is 5.91 Å². The largest absolute Gasteiger partial charge is 0.352 e. The monoisotopic (exact) mass is 361 g/mol. The van der Waals surface area contributed by atoms with Crippen molar-refractivity contribution in [3.8, 4) is 0 Å². The Hall–Kier alpha value is -2.04. The van der Waals surface area contributed by atoms with E-state index in [0.29, 0.717) is 13.1 Å². The molecule has 0 saturated heterocycles. The van der Waals surface area contributed by atoms with Gasteiger partial charge in [0.15, 0.2) is 0 Å². The van der Waals surface area contributed by atoms with Gasteiger partial charge in [-0.05, 0) is 43.8 Å². The van der Waals surface area contributed by atoms with E-state index < -0.39 is 0 Å². The highest BCUT2D eigenvalue weighted by atomic mass is 35.5. The normalized spacial score (nSPS) is 11.3. The molecule has 0 saturated carbocycles. The second-order valence-electron chi connectivity index (χ2n) is 5.92. The van der Waals surface area contributed by atoms with Gasteiger partial charge in [-0.1, -0.05) is 37.3 Å². The van der Waals surface area contributed by atoms with Gasteiger partial charge >= 0.3 is 0 Å². The third-order valence-electron chi connectivity index (χ3n) is 4.06. The Morgan fingerprint density at radius 2 is 1.64 bits per heavy atom. The van der Waals surface area contributed by atoms with E-state index in [2.05, 4.69) is 58.9 Å². The fourth-order valence-electron chi connectivity index (χ4n) is 2.68. The van der Waals surface area contributed by atoms with Crippen molar-refractivity contribution in [1.29, 1.82) is 0 Å². The Bertz CT molecular complexity index is 631. The summed E-state index contributed by atoms with van der Waals surface area (Å²) in [6.45, 7) is 6.22. The highest BCUT2D eigenvalue weighted by Gasteiger charge is 2.11. The van der Waals surface area contributed by atoms with Crippen molar-refractivity contribution < 1.29 is 4.79 Å². The smallest absolute Gasteiger partial charge is 0.224 e. The molecule has 1 amide bonds. The van der Waals surface area contributed by atoms with E-state index in [-0.39, 0.29) is 24.2 Å². The number of anilines is 2. The predicted molar refractivity (Wildman–Crippen MR) is 108 cm³/mol. The number of halogens is 1. The van der Waals surface area contributed by atoms with Crippen molar-refractivity contribution in [3.63, 3.8) is 0 Å². The molecular weight excluding hydrogens is 334 g/mol. The zero-order valence-electron chi connectivity index (χ0n) is 15.2. The summed E-state index contributed by atoms with van der Waals surface area (Å²) in [6, 6.07) is 18.7. The average Bonchev–Trinajstić information content (AvgIpc) is 2.62. The first-order valence-electron chi connectivity index (χ1n) is 8.49. The third-order valence-corrected chi connectivity index (χ3v) is 4.06. The quantitative estimate of drug-likeness (QED) is 0.752. The second-order valence-corrected chi connectivity index (χ2v) is 5.92. The maximum absolute atomic E-state index is 12.0. The van der Waals surface area contributed by atoms with Gasteiger partial charge in [-0.2, -0.15) is 0 Å². The zero-order valence-corrected chi connectivity index (χ0v) is 16.0. The summed E-state index contributed by atoms with van der Waals surface area (Å²) in [4.78, 5) is 14.2. The van der Waals surface area contributed by atoms with Crippen LogP contribution in [0.1, 0.15) is 19.4 Å². The zero-order chi connectivity index (χ0) is 17.4. The van der Waals surface area contributed by atoms with E-state index in [1.54, 1.807) is 0 Å². The summed E-state index contributed by atoms with van der Waals surface area (Å²) >= 11 is 0. The lowest BCUT2D eigenvalue weighted by molar-refractivity contribution is -0.124. The highest BCUT2D eigenvalue weighted by Crippen LogP contribution is 2.24. The van der Waals surface area contributed by atoms with Crippen LogP contribution < -0.4 is 15.5 Å². The molecular formula is C20H28ClN3O. The Kier molecular flexibility index (Phi) is 9.03. The number of benzene rings is 2. The number of rotatable bonds is 8. The molecule has 1 atom stereocenters. The van der Waals surface area contributed by atoms with Gasteiger partial charge < -0.3 is 15.5 Å². The second kappa shape index (κ2) is 10.7. The van der Waals surface area contributed by atoms with Crippen molar-refractivity contribution in [3.05, 3.63) is 60.2 Å². The van der Waals surface area contributed by atoms with Crippen LogP contribution in [0.25, 0.3) is 0 Å². The molecule has 0 fully saturated rings. The summed E-state index contributed by atoms with van der Waals surface area (Å²) < 4.78 is 0. The molecule has 0 spiro atoms. The van der Waals surface area contributed by atoms with Gasteiger partial charge in [0.25, 0.3) is 0 Å². The standard InChI is InChI=1S/C20H27N3O.ClH/c1-4-23(18-8-6-5-7-9-18)19-12-10-17(11-13-19)15-22-20(24)16(2)14-21-3;/h5-13,16,21H,4,14-15H2,1-3H3,(H,22,24);1H. The Morgan fingerprint density at radius 3 is 2.20 bits per heavy atom. The Labute approximate surface area is 157 Å². The number of carbonyl (C=O) groups excluding carboxylic acids is 1. The summed E-state index contributed by atoms with van der Waals surface area (Å²) in [5, 5.41) is 6.01. The van der Waals surface area contributed by atoms with E-state index in [4.69, 9.17) is 0 Å². The van der Waals surface area contributed by atoms with Crippen LogP contribution >= 0.6 is 12.4 Å². The minimum Gasteiger partial charge on any atom is -0.352 e. The molecule has 136 valence electrons. The number of amides is 1. The molecule has 0 aliphatic heterocycles. The number of nitrogens with one attached hydrogen (secondary N) is 2. The maximum Gasteiger partial charge on any atom is 0.224 e. The van der Waals surface area contributed by atoms with Crippen LogP contribution in [0.4, 0.5) is 11.4 Å². The summed E-state index contributed by atoms with van der Waals surface area (Å²) in [7, 11) is 1.86. The molecule has 2 aromatic rings. The first kappa shape index (κ1) is 21.0.